The highest BCUT2D eigenvalue weighted by Crippen LogP contribution is 2.30. The lowest BCUT2D eigenvalue weighted by atomic mass is 10.2. The molecular formula is C11H17N3O4S. The van der Waals surface area contributed by atoms with E-state index in [1.807, 2.05) is 0 Å². The molecule has 0 spiro atoms. The van der Waals surface area contributed by atoms with Gasteiger partial charge in [-0.15, -0.1) is 0 Å². The van der Waals surface area contributed by atoms with Gasteiger partial charge in [0.2, 0.25) is 10.0 Å². The molecule has 7 nitrogen and oxygen atoms in total. The Hall–Kier alpha value is -1.67. The minimum Gasteiger partial charge on any atom is -0.393 e. The van der Waals surface area contributed by atoms with Crippen molar-refractivity contribution in [2.75, 3.05) is 12.8 Å². The molecule has 0 amide bonds. The standard InChI is InChI=1S/C11H17N3O4S/c1-7(2)13(4)19(17,18)11-6-10(14(15)16)9(12)5-8(11)3/h5-7H,12H2,1-4H3. The Balaban J connectivity index is 3.52. The topological polar surface area (TPSA) is 107 Å². The predicted octanol–water partition coefficient (Wildman–Crippen LogP) is 1.51. The number of rotatable bonds is 4. The fourth-order valence-corrected chi connectivity index (χ4v) is 3.16. The van der Waals surface area contributed by atoms with Gasteiger partial charge in [0.15, 0.2) is 0 Å². The third kappa shape index (κ3) is 2.85. The molecule has 1 aromatic carbocycles. The summed E-state index contributed by atoms with van der Waals surface area (Å²) in [5.41, 5.74) is 5.46. The summed E-state index contributed by atoms with van der Waals surface area (Å²) in [5, 5.41) is 10.8. The molecule has 0 aliphatic rings. The average Bonchev–Trinajstić information content (AvgIpc) is 2.26. The number of sulfonamides is 1. The highest BCUT2D eigenvalue weighted by Gasteiger charge is 2.28. The van der Waals surface area contributed by atoms with Crippen LogP contribution in [0.4, 0.5) is 11.4 Å². The highest BCUT2D eigenvalue weighted by molar-refractivity contribution is 7.89. The normalized spacial score (nSPS) is 12.1. The van der Waals surface area contributed by atoms with Gasteiger partial charge in [0, 0.05) is 19.2 Å². The Labute approximate surface area is 112 Å². The molecule has 0 bridgehead atoms. The van der Waals surface area contributed by atoms with E-state index < -0.39 is 20.6 Å². The summed E-state index contributed by atoms with van der Waals surface area (Å²) in [6.45, 7) is 5.00. The Kier molecular flexibility index (Phi) is 4.16. The maximum absolute atomic E-state index is 12.3. The number of nitro groups is 1. The molecule has 0 fully saturated rings. The van der Waals surface area contributed by atoms with Crippen LogP contribution in [-0.4, -0.2) is 30.7 Å². The van der Waals surface area contributed by atoms with Gasteiger partial charge in [-0.25, -0.2) is 8.42 Å². The molecule has 2 N–H and O–H groups in total. The quantitative estimate of drug-likeness (QED) is 0.513. The number of nitrogens with zero attached hydrogens (tertiary/aromatic N) is 2. The minimum absolute atomic E-state index is 0.0475. The summed E-state index contributed by atoms with van der Waals surface area (Å²) in [6.07, 6.45) is 0. The van der Waals surface area contributed by atoms with Crippen LogP contribution in [0.1, 0.15) is 19.4 Å². The first-order valence-electron chi connectivity index (χ1n) is 5.61. The lowest BCUT2D eigenvalue weighted by Gasteiger charge is -2.22. The molecule has 19 heavy (non-hydrogen) atoms. The highest BCUT2D eigenvalue weighted by atomic mass is 32.2. The minimum atomic E-state index is -3.77. The van der Waals surface area contributed by atoms with E-state index >= 15 is 0 Å². The second-order valence-corrected chi connectivity index (χ2v) is 6.51. The van der Waals surface area contributed by atoms with Crippen LogP contribution in [0.25, 0.3) is 0 Å². The number of hydrogen-bond acceptors (Lipinski definition) is 5. The van der Waals surface area contributed by atoms with Crippen LogP contribution >= 0.6 is 0 Å². The Morgan fingerprint density at radius 2 is 1.89 bits per heavy atom. The maximum atomic E-state index is 12.3. The van der Waals surface area contributed by atoms with E-state index in [0.717, 1.165) is 10.4 Å². The van der Waals surface area contributed by atoms with E-state index in [1.54, 1.807) is 20.8 Å². The lowest BCUT2D eigenvalue weighted by Crippen LogP contribution is -2.33. The number of anilines is 1. The SMILES string of the molecule is Cc1cc(N)c([N+](=O)[O-])cc1S(=O)(=O)N(C)C(C)C. The molecule has 0 unspecified atom stereocenters. The van der Waals surface area contributed by atoms with Crippen molar-refractivity contribution in [2.24, 2.45) is 0 Å². The zero-order chi connectivity index (χ0) is 15.0. The van der Waals surface area contributed by atoms with Crippen LogP contribution in [0.15, 0.2) is 17.0 Å². The smallest absolute Gasteiger partial charge is 0.293 e. The summed E-state index contributed by atoms with van der Waals surface area (Å²) in [6, 6.07) is 2.07. The molecule has 1 rings (SSSR count). The van der Waals surface area contributed by atoms with Crippen molar-refractivity contribution in [2.45, 2.75) is 31.7 Å². The molecule has 0 aromatic heterocycles. The first kappa shape index (κ1) is 15.4. The number of aryl methyl sites for hydroxylation is 1. The molecule has 1 aromatic rings. The Morgan fingerprint density at radius 1 is 1.37 bits per heavy atom. The molecule has 0 aliphatic heterocycles. The maximum Gasteiger partial charge on any atom is 0.293 e. The van der Waals surface area contributed by atoms with Gasteiger partial charge in [0.25, 0.3) is 5.69 Å². The number of hydrogen-bond donors (Lipinski definition) is 1. The van der Waals surface area contributed by atoms with Crippen molar-refractivity contribution in [3.05, 3.63) is 27.8 Å². The van der Waals surface area contributed by atoms with Crippen LogP contribution in [-0.2, 0) is 10.0 Å². The fourth-order valence-electron chi connectivity index (χ4n) is 1.57. The van der Waals surface area contributed by atoms with Crippen molar-refractivity contribution in [1.29, 1.82) is 0 Å². The molecule has 0 saturated carbocycles. The van der Waals surface area contributed by atoms with Crippen LogP contribution in [0.5, 0.6) is 0 Å². The number of nitrogen functional groups attached to an aromatic ring is 1. The van der Waals surface area contributed by atoms with Crippen molar-refractivity contribution < 1.29 is 13.3 Å². The van der Waals surface area contributed by atoms with E-state index in [4.69, 9.17) is 5.73 Å². The van der Waals surface area contributed by atoms with E-state index in [0.29, 0.717) is 5.56 Å². The van der Waals surface area contributed by atoms with E-state index in [9.17, 15) is 18.5 Å². The zero-order valence-corrected chi connectivity index (χ0v) is 12.1. The van der Waals surface area contributed by atoms with Gasteiger partial charge in [-0.2, -0.15) is 4.31 Å². The van der Waals surface area contributed by atoms with Crippen LogP contribution in [0, 0.1) is 17.0 Å². The summed E-state index contributed by atoms with van der Waals surface area (Å²) >= 11 is 0. The van der Waals surface area contributed by atoms with Gasteiger partial charge in [0.1, 0.15) is 5.69 Å². The van der Waals surface area contributed by atoms with Gasteiger partial charge in [-0.05, 0) is 32.4 Å². The van der Waals surface area contributed by atoms with Gasteiger partial charge in [-0.3, -0.25) is 10.1 Å². The van der Waals surface area contributed by atoms with Gasteiger partial charge < -0.3 is 5.73 Å². The number of benzene rings is 1. The van der Waals surface area contributed by atoms with E-state index in [2.05, 4.69) is 0 Å². The van der Waals surface area contributed by atoms with Gasteiger partial charge in [0.05, 0.1) is 9.82 Å². The van der Waals surface area contributed by atoms with Crippen molar-refractivity contribution in [3.8, 4) is 0 Å². The molecule has 0 radical (unpaired) electrons. The molecule has 0 heterocycles. The Morgan fingerprint density at radius 3 is 2.32 bits per heavy atom. The Bertz CT molecular complexity index is 611. The number of nitro benzene ring substituents is 1. The van der Waals surface area contributed by atoms with E-state index in [1.165, 1.54) is 13.1 Å². The van der Waals surface area contributed by atoms with Gasteiger partial charge in [-0.1, -0.05) is 0 Å². The predicted molar refractivity (Wildman–Crippen MR) is 72.3 cm³/mol. The van der Waals surface area contributed by atoms with Crippen LogP contribution in [0.3, 0.4) is 0 Å². The average molecular weight is 287 g/mol. The first-order chi connectivity index (χ1) is 8.59. The molecule has 8 heteroatoms. The third-order valence-corrected chi connectivity index (χ3v) is 5.08. The summed E-state index contributed by atoms with van der Waals surface area (Å²) in [4.78, 5) is 10.0. The van der Waals surface area contributed by atoms with Gasteiger partial charge >= 0.3 is 0 Å². The second-order valence-electron chi connectivity index (χ2n) is 4.55. The molecule has 106 valence electrons. The van der Waals surface area contributed by atoms with Crippen molar-refractivity contribution in [3.63, 3.8) is 0 Å². The molecular weight excluding hydrogens is 270 g/mol. The largest absolute Gasteiger partial charge is 0.393 e. The summed E-state index contributed by atoms with van der Waals surface area (Å²) in [5.74, 6) is 0. The van der Waals surface area contributed by atoms with Crippen molar-refractivity contribution >= 4 is 21.4 Å². The second kappa shape index (κ2) is 5.14. The number of nitrogens with two attached hydrogens (primary N) is 1. The van der Waals surface area contributed by atoms with Crippen LogP contribution in [0.2, 0.25) is 0 Å². The third-order valence-electron chi connectivity index (χ3n) is 2.91. The van der Waals surface area contributed by atoms with Crippen LogP contribution < -0.4 is 5.73 Å². The van der Waals surface area contributed by atoms with E-state index in [-0.39, 0.29) is 16.6 Å². The molecule has 0 atom stereocenters. The zero-order valence-electron chi connectivity index (χ0n) is 11.2. The fraction of sp³-hybridized carbons (Fsp3) is 0.455. The first-order valence-corrected chi connectivity index (χ1v) is 7.05. The van der Waals surface area contributed by atoms with Crippen molar-refractivity contribution in [1.82, 2.24) is 4.31 Å². The lowest BCUT2D eigenvalue weighted by molar-refractivity contribution is -0.384. The summed E-state index contributed by atoms with van der Waals surface area (Å²) in [7, 11) is -2.34. The molecule has 0 saturated heterocycles. The summed E-state index contributed by atoms with van der Waals surface area (Å²) < 4.78 is 25.8. The monoisotopic (exact) mass is 287 g/mol. The molecule has 0 aliphatic carbocycles.